The van der Waals surface area contributed by atoms with Crippen LogP contribution in [0, 0.1) is 23.2 Å². The van der Waals surface area contributed by atoms with E-state index in [9.17, 15) is 4.79 Å². The minimum Gasteiger partial charge on any atom is -0.466 e. The third-order valence-corrected chi connectivity index (χ3v) is 9.06. The largest absolute Gasteiger partial charge is 0.466 e. The lowest BCUT2D eigenvalue weighted by molar-refractivity contribution is -0.230. The molecule has 1 aromatic carbocycles. The maximum atomic E-state index is 12.1. The van der Waals surface area contributed by atoms with E-state index in [0.29, 0.717) is 36.2 Å². The van der Waals surface area contributed by atoms with Crippen molar-refractivity contribution in [2.75, 3.05) is 25.0 Å². The van der Waals surface area contributed by atoms with Gasteiger partial charge in [0.25, 0.3) is 0 Å². The summed E-state index contributed by atoms with van der Waals surface area (Å²) < 4.78 is 5.26. The zero-order chi connectivity index (χ0) is 21.0. The summed E-state index contributed by atoms with van der Waals surface area (Å²) in [5.74, 6) is 2.65. The quantitative estimate of drug-likeness (QED) is 0.591. The first-order valence-electron chi connectivity index (χ1n) is 11.4. The molecule has 162 valence electrons. The van der Waals surface area contributed by atoms with Crippen molar-refractivity contribution in [1.29, 1.82) is 0 Å². The highest BCUT2D eigenvalue weighted by Gasteiger charge is 2.66. The highest BCUT2D eigenvalue weighted by molar-refractivity contribution is 7.99. The van der Waals surface area contributed by atoms with Crippen molar-refractivity contribution in [1.82, 2.24) is 14.9 Å². The number of hydrogen-bond donors (Lipinski definition) is 1. The van der Waals surface area contributed by atoms with Gasteiger partial charge in [-0.05, 0) is 60.6 Å². The van der Waals surface area contributed by atoms with E-state index in [1.165, 1.54) is 29.7 Å². The molecule has 5 aliphatic rings. The van der Waals surface area contributed by atoms with E-state index in [4.69, 9.17) is 4.74 Å². The van der Waals surface area contributed by atoms with Gasteiger partial charge in [0.2, 0.25) is 0 Å². The van der Waals surface area contributed by atoms with Crippen LogP contribution in [0.1, 0.15) is 38.2 Å². The lowest BCUT2D eigenvalue weighted by Gasteiger charge is -2.71. The standard InChI is InChI=1S/C24H28N4O2S/c1-2-30-21(29)11-16-17-13-28(14-18(16)24(17)6-3-7-24)12-15-4-5-20-19(10-15)27-22-23(31-20)26-9-8-25-22/h4-5,8-10,16-18H,2-3,6-7,11-14H2,1H3,(H,25,27). The van der Waals surface area contributed by atoms with Crippen LogP contribution >= 0.6 is 11.8 Å². The molecule has 2 aliphatic carbocycles. The second-order valence-corrected chi connectivity index (χ2v) is 10.5. The fourth-order valence-electron chi connectivity index (χ4n) is 6.55. The van der Waals surface area contributed by atoms with Crippen LogP contribution in [0.3, 0.4) is 0 Å². The summed E-state index contributed by atoms with van der Waals surface area (Å²) in [5.41, 5.74) is 2.97. The molecule has 2 bridgehead atoms. The Morgan fingerprint density at radius 1 is 1.26 bits per heavy atom. The van der Waals surface area contributed by atoms with Gasteiger partial charge in [-0.1, -0.05) is 24.2 Å². The summed E-state index contributed by atoms with van der Waals surface area (Å²) in [6, 6.07) is 6.70. The number of carbonyl (C=O) groups is 1. The molecule has 31 heavy (non-hydrogen) atoms. The predicted octanol–water partition coefficient (Wildman–Crippen LogP) is 4.49. The lowest BCUT2D eigenvalue weighted by atomic mass is 9.37. The number of benzene rings is 1. The number of hydrogen-bond acceptors (Lipinski definition) is 7. The molecule has 4 fully saturated rings. The van der Waals surface area contributed by atoms with Crippen molar-refractivity contribution in [3.63, 3.8) is 0 Å². The smallest absolute Gasteiger partial charge is 0.306 e. The number of fused-ring (bicyclic) bond motifs is 4. The van der Waals surface area contributed by atoms with Crippen molar-refractivity contribution in [3.05, 3.63) is 36.2 Å². The number of rotatable bonds is 5. The Labute approximate surface area is 187 Å². The maximum Gasteiger partial charge on any atom is 0.306 e. The molecule has 7 heteroatoms. The SMILES string of the molecule is CCOC(=O)CC1C2CN(Cc3ccc4c(c3)Nc3nccnc3S4)CC1C21CCC1. The summed E-state index contributed by atoms with van der Waals surface area (Å²) in [6.07, 6.45) is 8.14. The lowest BCUT2D eigenvalue weighted by Crippen LogP contribution is -2.70. The van der Waals surface area contributed by atoms with Gasteiger partial charge in [0.05, 0.1) is 12.3 Å². The molecule has 0 amide bonds. The Morgan fingerprint density at radius 2 is 2.06 bits per heavy atom. The van der Waals surface area contributed by atoms with Gasteiger partial charge >= 0.3 is 5.97 Å². The molecule has 1 N–H and O–H groups in total. The fourth-order valence-corrected chi connectivity index (χ4v) is 7.42. The zero-order valence-corrected chi connectivity index (χ0v) is 18.7. The number of piperidine rings is 2. The van der Waals surface area contributed by atoms with E-state index in [-0.39, 0.29) is 5.97 Å². The van der Waals surface area contributed by atoms with Gasteiger partial charge in [0.15, 0.2) is 5.82 Å². The normalized spacial score (nSPS) is 27.3. The molecule has 3 aliphatic heterocycles. The van der Waals surface area contributed by atoms with Crippen LogP contribution in [-0.2, 0) is 16.1 Å². The van der Waals surface area contributed by atoms with E-state index >= 15 is 0 Å². The van der Waals surface area contributed by atoms with Crippen molar-refractivity contribution in [2.24, 2.45) is 23.2 Å². The van der Waals surface area contributed by atoms with Crippen LogP contribution in [0.25, 0.3) is 0 Å². The van der Waals surface area contributed by atoms with E-state index in [0.717, 1.165) is 36.2 Å². The summed E-state index contributed by atoms with van der Waals surface area (Å²) in [5, 5.41) is 4.37. The molecule has 2 saturated heterocycles. The average Bonchev–Trinajstić information content (AvgIpc) is 2.74. The second-order valence-electron chi connectivity index (χ2n) is 9.43. The highest BCUT2D eigenvalue weighted by atomic mass is 32.2. The second kappa shape index (κ2) is 7.48. The first-order valence-corrected chi connectivity index (χ1v) is 12.2. The Kier molecular flexibility index (Phi) is 4.72. The first kappa shape index (κ1) is 19.6. The topological polar surface area (TPSA) is 67.3 Å². The number of ether oxygens (including phenoxy) is 1. The molecule has 2 unspecified atom stereocenters. The van der Waals surface area contributed by atoms with Crippen molar-refractivity contribution in [3.8, 4) is 0 Å². The van der Waals surface area contributed by atoms with Crippen LogP contribution in [0.5, 0.6) is 0 Å². The van der Waals surface area contributed by atoms with Gasteiger partial charge in [-0.25, -0.2) is 9.97 Å². The summed E-state index contributed by atoms with van der Waals surface area (Å²) in [4.78, 5) is 24.8. The number of anilines is 2. The monoisotopic (exact) mass is 436 g/mol. The van der Waals surface area contributed by atoms with Crippen LogP contribution in [0.15, 0.2) is 40.5 Å². The Morgan fingerprint density at radius 3 is 2.81 bits per heavy atom. The molecular weight excluding hydrogens is 408 g/mol. The summed E-state index contributed by atoms with van der Waals surface area (Å²) in [6.45, 7) is 5.55. The van der Waals surface area contributed by atoms with Gasteiger partial charge in [-0.2, -0.15) is 0 Å². The Bertz CT molecular complexity index is 1010. The van der Waals surface area contributed by atoms with E-state index < -0.39 is 0 Å². The maximum absolute atomic E-state index is 12.1. The third-order valence-electron chi connectivity index (χ3n) is 7.99. The Balaban J connectivity index is 1.14. The van der Waals surface area contributed by atoms with E-state index in [1.54, 1.807) is 24.2 Å². The van der Waals surface area contributed by atoms with Crippen molar-refractivity contribution in [2.45, 2.75) is 49.1 Å². The molecule has 4 heterocycles. The highest BCUT2D eigenvalue weighted by Crippen LogP contribution is 2.69. The minimum absolute atomic E-state index is 0.00762. The molecule has 2 saturated carbocycles. The number of aromatic nitrogens is 2. The number of nitrogens with one attached hydrogen (secondary N) is 1. The van der Waals surface area contributed by atoms with E-state index in [2.05, 4.69) is 38.4 Å². The summed E-state index contributed by atoms with van der Waals surface area (Å²) in [7, 11) is 0. The van der Waals surface area contributed by atoms with Crippen molar-refractivity contribution >= 4 is 29.2 Å². The van der Waals surface area contributed by atoms with Gasteiger partial charge in [-0.3, -0.25) is 9.69 Å². The first-order chi connectivity index (χ1) is 15.2. The number of nitrogens with zero attached hydrogens (tertiary/aromatic N) is 3. The Hall–Kier alpha value is -2.12. The van der Waals surface area contributed by atoms with Gasteiger partial charge < -0.3 is 10.1 Å². The third kappa shape index (κ3) is 3.16. The summed E-state index contributed by atoms with van der Waals surface area (Å²) >= 11 is 1.67. The van der Waals surface area contributed by atoms with Crippen molar-refractivity contribution < 1.29 is 9.53 Å². The van der Waals surface area contributed by atoms with Crippen LogP contribution in [0.2, 0.25) is 0 Å². The van der Waals surface area contributed by atoms with E-state index in [1.807, 2.05) is 6.92 Å². The molecular formula is C24H28N4O2S. The zero-order valence-electron chi connectivity index (χ0n) is 17.8. The molecule has 2 aromatic rings. The number of esters is 1. The van der Waals surface area contributed by atoms with Crippen LogP contribution in [0.4, 0.5) is 11.5 Å². The molecule has 6 nitrogen and oxygen atoms in total. The van der Waals surface area contributed by atoms with Gasteiger partial charge in [-0.15, -0.1) is 0 Å². The van der Waals surface area contributed by atoms with Crippen LogP contribution in [-0.4, -0.2) is 40.5 Å². The van der Waals surface area contributed by atoms with Gasteiger partial charge in [0.1, 0.15) is 5.03 Å². The molecule has 1 aromatic heterocycles. The fraction of sp³-hybridized carbons (Fsp3) is 0.542. The molecule has 0 radical (unpaired) electrons. The molecule has 2 atom stereocenters. The number of carbonyl (C=O) groups excluding carboxylic acids is 1. The van der Waals surface area contributed by atoms with Crippen LogP contribution < -0.4 is 5.32 Å². The predicted molar refractivity (Wildman–Crippen MR) is 119 cm³/mol. The average molecular weight is 437 g/mol. The molecule has 7 rings (SSSR count). The molecule has 1 spiro atoms. The van der Waals surface area contributed by atoms with Gasteiger partial charge in [0, 0.05) is 43.3 Å². The minimum atomic E-state index is -0.00762.